The summed E-state index contributed by atoms with van der Waals surface area (Å²) in [6.07, 6.45) is 0.235. The van der Waals surface area contributed by atoms with E-state index in [2.05, 4.69) is 0 Å². The molecular weight excluding hydrogens is 434 g/mol. The fourth-order valence-electron chi connectivity index (χ4n) is 2.74. The van der Waals surface area contributed by atoms with Gasteiger partial charge >= 0.3 is 11.7 Å². The van der Waals surface area contributed by atoms with Gasteiger partial charge in [0.05, 0.1) is 16.5 Å². The third-order valence-corrected chi connectivity index (χ3v) is 6.06. The Hall–Kier alpha value is -3.45. The number of esters is 1. The Balaban J connectivity index is 1.54. The van der Waals surface area contributed by atoms with Crippen LogP contribution in [0.1, 0.15) is 18.6 Å². The molecule has 2 heterocycles. The van der Waals surface area contributed by atoms with E-state index in [1.165, 1.54) is 42.9 Å². The van der Waals surface area contributed by atoms with Crippen LogP contribution in [0.2, 0.25) is 0 Å². The van der Waals surface area contributed by atoms with Gasteiger partial charge in [-0.2, -0.15) is 0 Å². The Morgan fingerprint density at radius 1 is 1.23 bits per heavy atom. The summed E-state index contributed by atoms with van der Waals surface area (Å²) in [5, 5.41) is 10.6. The van der Waals surface area contributed by atoms with Crippen molar-refractivity contribution < 1.29 is 31.7 Å². The highest BCUT2D eigenvalue weighted by Gasteiger charge is 2.22. The molecule has 13 heteroatoms. The maximum atomic E-state index is 12.0. The van der Waals surface area contributed by atoms with Gasteiger partial charge in [0.15, 0.2) is 5.58 Å². The summed E-state index contributed by atoms with van der Waals surface area (Å²) < 4.78 is 41.5. The topological polar surface area (TPSA) is 155 Å². The fourth-order valence-corrected chi connectivity index (χ4v) is 3.55. The smallest absolute Gasteiger partial charge is 0.419 e. The molecule has 3 rings (SSSR count). The zero-order valence-electron chi connectivity index (χ0n) is 16.6. The van der Waals surface area contributed by atoms with Gasteiger partial charge in [0, 0.05) is 33.1 Å². The molecule has 12 nitrogen and oxygen atoms in total. The van der Waals surface area contributed by atoms with Crippen LogP contribution in [-0.2, 0) is 32.7 Å². The molecule has 0 spiro atoms. The molecule has 0 aliphatic heterocycles. The summed E-state index contributed by atoms with van der Waals surface area (Å²) in [7, 11) is -0.979. The third-order valence-electron chi connectivity index (χ3n) is 4.37. The second kappa shape index (κ2) is 8.73. The minimum atomic E-state index is -3.72. The number of carbonyl (C=O) groups is 1. The molecule has 0 aliphatic carbocycles. The number of benzene rings is 1. The molecule has 0 fully saturated rings. The van der Waals surface area contributed by atoms with Crippen molar-refractivity contribution in [2.45, 2.75) is 31.1 Å². The highest BCUT2D eigenvalue weighted by atomic mass is 32.2. The first-order valence-electron chi connectivity index (χ1n) is 9.04. The van der Waals surface area contributed by atoms with Gasteiger partial charge in [0.25, 0.3) is 15.7 Å². The van der Waals surface area contributed by atoms with Crippen molar-refractivity contribution in [2.24, 2.45) is 0 Å². The summed E-state index contributed by atoms with van der Waals surface area (Å²) in [4.78, 5) is 34.2. The van der Waals surface area contributed by atoms with Gasteiger partial charge in [-0.15, -0.1) is 0 Å². The van der Waals surface area contributed by atoms with E-state index in [1.807, 2.05) is 0 Å². The number of nitrogens with zero attached hydrogens (tertiary/aromatic N) is 3. The van der Waals surface area contributed by atoms with Crippen molar-refractivity contribution in [1.82, 2.24) is 8.87 Å². The van der Waals surface area contributed by atoms with E-state index < -0.39 is 26.7 Å². The van der Waals surface area contributed by atoms with Crippen LogP contribution in [0.5, 0.6) is 0 Å². The van der Waals surface area contributed by atoms with Gasteiger partial charge in [0.2, 0.25) is 5.09 Å². The number of hydrogen-bond donors (Lipinski definition) is 0. The molecule has 0 unspecified atom stereocenters. The number of nitro groups is 1. The number of fused-ring (bicyclic) bond motifs is 1. The zero-order valence-corrected chi connectivity index (χ0v) is 17.5. The molecule has 0 atom stereocenters. The highest BCUT2D eigenvalue weighted by molar-refractivity contribution is 7.88. The number of sulfonamides is 1. The van der Waals surface area contributed by atoms with Crippen LogP contribution in [0, 0.1) is 10.1 Å². The fraction of sp³-hybridized carbons (Fsp3) is 0.333. The molecular formula is C18H19N3O9S. The van der Waals surface area contributed by atoms with Crippen LogP contribution in [-0.4, -0.2) is 42.3 Å². The lowest BCUT2D eigenvalue weighted by Crippen LogP contribution is -2.21. The van der Waals surface area contributed by atoms with E-state index >= 15 is 0 Å². The van der Waals surface area contributed by atoms with E-state index in [1.54, 1.807) is 0 Å². The van der Waals surface area contributed by atoms with Crippen molar-refractivity contribution in [3.05, 3.63) is 56.8 Å². The van der Waals surface area contributed by atoms with Crippen molar-refractivity contribution >= 4 is 32.8 Å². The zero-order chi connectivity index (χ0) is 22.8. The second-order valence-corrected chi connectivity index (χ2v) is 8.78. The molecule has 3 aromatic rings. The highest BCUT2D eigenvalue weighted by Crippen LogP contribution is 2.21. The summed E-state index contributed by atoms with van der Waals surface area (Å²) in [5.41, 5.74) is 0.272. The van der Waals surface area contributed by atoms with Crippen LogP contribution >= 0.6 is 0 Å². The Labute approximate surface area is 175 Å². The number of non-ortho nitro benzene ring substituents is 1. The van der Waals surface area contributed by atoms with Gasteiger partial charge in [0.1, 0.15) is 12.4 Å². The van der Waals surface area contributed by atoms with Crippen LogP contribution in [0.15, 0.2) is 49.1 Å². The monoisotopic (exact) mass is 453 g/mol. The van der Waals surface area contributed by atoms with Crippen molar-refractivity contribution in [3.63, 3.8) is 0 Å². The summed E-state index contributed by atoms with van der Waals surface area (Å²) in [6.45, 7) is -0.0925. The van der Waals surface area contributed by atoms with Crippen LogP contribution in [0.25, 0.3) is 11.1 Å². The number of hydrogen-bond acceptors (Lipinski definition) is 9. The Bertz CT molecular complexity index is 1280. The molecule has 0 N–H and O–H groups in total. The predicted octanol–water partition coefficient (Wildman–Crippen LogP) is 1.87. The number of rotatable bonds is 9. The van der Waals surface area contributed by atoms with Crippen molar-refractivity contribution in [3.8, 4) is 0 Å². The van der Waals surface area contributed by atoms with Gasteiger partial charge in [-0.1, -0.05) is 0 Å². The second-order valence-electron chi connectivity index (χ2n) is 6.70. The van der Waals surface area contributed by atoms with E-state index in [0.29, 0.717) is 5.52 Å². The minimum absolute atomic E-state index is 0.0182. The quantitative estimate of drug-likeness (QED) is 0.268. The molecule has 0 radical (unpaired) electrons. The Morgan fingerprint density at radius 3 is 2.65 bits per heavy atom. The lowest BCUT2D eigenvalue weighted by Gasteiger charge is -2.08. The first kappa shape index (κ1) is 22.2. The normalized spacial score (nSPS) is 11.8. The summed E-state index contributed by atoms with van der Waals surface area (Å²) in [6, 6.07) is 6.51. The van der Waals surface area contributed by atoms with E-state index in [9.17, 15) is 28.1 Å². The number of aryl methyl sites for hydroxylation is 1. The van der Waals surface area contributed by atoms with Crippen LogP contribution in [0.3, 0.4) is 0 Å². The van der Waals surface area contributed by atoms with Gasteiger partial charge in [-0.05, 0) is 24.6 Å². The standard InChI is InChI=1S/C18H19N3O9S/c1-19(2)31(26,27)17-8-6-13(29-17)11-28-16(22)4-3-9-20-14-7-5-12(21(24)25)10-15(14)30-18(20)23/h5-8,10H,3-4,9,11H2,1-2H3. The van der Waals surface area contributed by atoms with Crippen molar-refractivity contribution in [2.75, 3.05) is 14.1 Å². The number of aromatic nitrogens is 1. The Morgan fingerprint density at radius 2 is 1.97 bits per heavy atom. The van der Waals surface area contributed by atoms with E-state index in [-0.39, 0.29) is 48.1 Å². The van der Waals surface area contributed by atoms with Crippen LogP contribution < -0.4 is 5.76 Å². The summed E-state index contributed by atoms with van der Waals surface area (Å²) in [5.74, 6) is -1.08. The largest absolute Gasteiger partial charge is 0.457 e. The number of oxazole rings is 1. The first-order chi connectivity index (χ1) is 14.6. The van der Waals surface area contributed by atoms with Gasteiger partial charge in [-0.3, -0.25) is 19.5 Å². The van der Waals surface area contributed by atoms with Crippen molar-refractivity contribution in [1.29, 1.82) is 0 Å². The maximum absolute atomic E-state index is 12.0. The number of nitro benzene ring substituents is 1. The van der Waals surface area contributed by atoms with E-state index in [4.69, 9.17) is 13.6 Å². The number of ether oxygens (including phenoxy) is 1. The molecule has 166 valence electrons. The molecule has 0 saturated heterocycles. The summed E-state index contributed by atoms with van der Waals surface area (Å²) >= 11 is 0. The maximum Gasteiger partial charge on any atom is 0.419 e. The van der Waals surface area contributed by atoms with E-state index in [0.717, 1.165) is 10.4 Å². The predicted molar refractivity (Wildman–Crippen MR) is 106 cm³/mol. The lowest BCUT2D eigenvalue weighted by molar-refractivity contribution is -0.384. The lowest BCUT2D eigenvalue weighted by atomic mass is 10.2. The molecule has 2 aromatic heterocycles. The minimum Gasteiger partial charge on any atom is -0.457 e. The molecule has 0 bridgehead atoms. The molecule has 0 saturated carbocycles. The van der Waals surface area contributed by atoms with Gasteiger partial charge < -0.3 is 13.6 Å². The van der Waals surface area contributed by atoms with Crippen LogP contribution in [0.4, 0.5) is 5.69 Å². The Kier molecular flexibility index (Phi) is 6.27. The number of furan rings is 1. The average molecular weight is 453 g/mol. The number of carbonyl (C=O) groups excluding carboxylic acids is 1. The first-order valence-corrected chi connectivity index (χ1v) is 10.5. The van der Waals surface area contributed by atoms with Gasteiger partial charge in [-0.25, -0.2) is 17.5 Å². The molecule has 0 aliphatic rings. The molecule has 1 aromatic carbocycles. The molecule has 0 amide bonds. The third kappa shape index (κ3) is 4.83. The molecule has 31 heavy (non-hydrogen) atoms. The average Bonchev–Trinajstić information content (AvgIpc) is 3.30. The SMILES string of the molecule is CN(C)S(=O)(=O)c1ccc(COC(=O)CCCn2c(=O)oc3cc([N+](=O)[O-])ccc32)o1.